The molecule has 0 saturated heterocycles. The zero-order valence-electron chi connectivity index (χ0n) is 12.3. The highest BCUT2D eigenvalue weighted by Crippen LogP contribution is 2.32. The topological polar surface area (TPSA) is 80.0 Å². The Morgan fingerprint density at radius 1 is 1.30 bits per heavy atom. The predicted molar refractivity (Wildman–Crippen MR) is 88.8 cm³/mol. The minimum absolute atomic E-state index is 0.212. The van der Waals surface area contributed by atoms with Crippen molar-refractivity contribution in [2.75, 3.05) is 6.26 Å². The van der Waals surface area contributed by atoms with Gasteiger partial charge < -0.3 is 0 Å². The van der Waals surface area contributed by atoms with E-state index in [4.69, 9.17) is 27.4 Å². The maximum atomic E-state index is 11.2. The van der Waals surface area contributed by atoms with Crippen LogP contribution in [-0.4, -0.2) is 19.7 Å². The van der Waals surface area contributed by atoms with Crippen LogP contribution in [0.2, 0.25) is 10.0 Å². The van der Waals surface area contributed by atoms with E-state index < -0.39 is 10.1 Å². The van der Waals surface area contributed by atoms with Gasteiger partial charge in [0.05, 0.1) is 29.1 Å². The van der Waals surface area contributed by atoms with Gasteiger partial charge in [-0.05, 0) is 31.2 Å². The smallest absolute Gasteiger partial charge is 0.264 e. The number of nitrogens with zero attached hydrogens (tertiary/aromatic N) is 2. The highest BCUT2D eigenvalue weighted by Gasteiger charge is 2.17. The third-order valence-electron chi connectivity index (χ3n) is 2.96. The number of aryl methyl sites for hydroxylation is 1. The molecule has 0 radical (unpaired) electrons. The summed E-state index contributed by atoms with van der Waals surface area (Å²) in [7, 11) is -3.62. The average molecular weight is 371 g/mol. The van der Waals surface area contributed by atoms with Gasteiger partial charge >= 0.3 is 0 Å². The molecule has 0 aliphatic carbocycles. The zero-order chi connectivity index (χ0) is 17.2. The van der Waals surface area contributed by atoms with Crippen molar-refractivity contribution in [1.29, 1.82) is 5.26 Å². The fraction of sp³-hybridized carbons (Fsp3) is 0.200. The summed E-state index contributed by atoms with van der Waals surface area (Å²) in [6, 6.07) is 8.50. The second-order valence-corrected chi connectivity index (χ2v) is 7.34. The summed E-state index contributed by atoms with van der Waals surface area (Å²) in [5, 5.41) is 10.3. The quantitative estimate of drug-likeness (QED) is 0.766. The molecular weight excluding hydrogens is 359 g/mol. The van der Waals surface area contributed by atoms with Crippen LogP contribution in [0.1, 0.15) is 16.8 Å². The zero-order valence-corrected chi connectivity index (χ0v) is 14.6. The van der Waals surface area contributed by atoms with E-state index in [0.717, 1.165) is 6.26 Å². The predicted octanol–water partition coefficient (Wildman–Crippen LogP) is 3.71. The maximum absolute atomic E-state index is 11.2. The lowest BCUT2D eigenvalue weighted by Gasteiger charge is -2.12. The monoisotopic (exact) mass is 370 g/mol. The van der Waals surface area contributed by atoms with Crippen LogP contribution in [0.4, 0.5) is 0 Å². The number of halogens is 2. The molecule has 0 aliphatic rings. The molecule has 0 saturated carbocycles. The van der Waals surface area contributed by atoms with Crippen LogP contribution in [0.15, 0.2) is 24.3 Å². The van der Waals surface area contributed by atoms with Crippen LogP contribution in [0.3, 0.4) is 0 Å². The van der Waals surface area contributed by atoms with E-state index in [1.54, 1.807) is 31.2 Å². The average Bonchev–Trinajstić information content (AvgIpc) is 2.43. The molecule has 0 bridgehead atoms. The van der Waals surface area contributed by atoms with Crippen molar-refractivity contribution in [3.05, 3.63) is 51.1 Å². The molecule has 2 aromatic rings. The van der Waals surface area contributed by atoms with Crippen molar-refractivity contribution < 1.29 is 12.6 Å². The van der Waals surface area contributed by atoms with Crippen LogP contribution in [0, 0.1) is 18.3 Å². The molecule has 0 atom stereocenters. The first-order valence-electron chi connectivity index (χ1n) is 6.41. The number of hydrogen-bond acceptors (Lipinski definition) is 5. The summed E-state index contributed by atoms with van der Waals surface area (Å²) < 4.78 is 27.2. The fourth-order valence-electron chi connectivity index (χ4n) is 2.03. The van der Waals surface area contributed by atoms with Crippen molar-refractivity contribution in [2.45, 2.75) is 13.5 Å². The standard InChI is InChI=1S/C15H12Cl2N2O3S/c1-9-5-10(8-22-23(2,20)21)13(7-18)15(19-9)12-4-3-11(16)6-14(12)17/h3-6H,8H2,1-2H3. The molecule has 120 valence electrons. The minimum atomic E-state index is -3.62. The molecule has 2 rings (SSSR count). The number of rotatable bonds is 4. The molecule has 23 heavy (non-hydrogen) atoms. The number of pyridine rings is 1. The van der Waals surface area contributed by atoms with E-state index in [1.165, 1.54) is 0 Å². The van der Waals surface area contributed by atoms with Crippen LogP contribution >= 0.6 is 23.2 Å². The van der Waals surface area contributed by atoms with Crippen LogP contribution in [0.5, 0.6) is 0 Å². The van der Waals surface area contributed by atoms with Crippen molar-refractivity contribution >= 4 is 33.3 Å². The molecule has 0 aliphatic heterocycles. The van der Waals surface area contributed by atoms with Crippen LogP contribution in [0.25, 0.3) is 11.3 Å². The number of nitriles is 1. The summed E-state index contributed by atoms with van der Waals surface area (Å²) in [6.07, 6.45) is 0.948. The SMILES string of the molecule is Cc1cc(COS(C)(=O)=O)c(C#N)c(-c2ccc(Cl)cc2Cl)n1. The molecule has 1 heterocycles. The van der Waals surface area contributed by atoms with Gasteiger partial charge in [0.2, 0.25) is 0 Å². The Bertz CT molecular complexity index is 906. The summed E-state index contributed by atoms with van der Waals surface area (Å²) in [6.45, 7) is 1.49. The first kappa shape index (κ1) is 17.7. The molecule has 1 aromatic heterocycles. The van der Waals surface area contributed by atoms with Gasteiger partial charge in [-0.1, -0.05) is 23.2 Å². The Morgan fingerprint density at radius 2 is 2.00 bits per heavy atom. The Kier molecular flexibility index (Phi) is 5.27. The number of benzene rings is 1. The summed E-state index contributed by atoms with van der Waals surface area (Å²) in [5.41, 5.74) is 2.14. The Balaban J connectivity index is 2.60. The van der Waals surface area contributed by atoms with E-state index in [1.807, 2.05) is 6.07 Å². The van der Waals surface area contributed by atoms with Gasteiger partial charge in [0.1, 0.15) is 6.07 Å². The second-order valence-electron chi connectivity index (χ2n) is 4.85. The molecule has 0 fully saturated rings. The number of aromatic nitrogens is 1. The van der Waals surface area contributed by atoms with Gasteiger partial charge in [-0.15, -0.1) is 0 Å². The van der Waals surface area contributed by atoms with Crippen LogP contribution in [-0.2, 0) is 20.9 Å². The normalized spacial score (nSPS) is 11.3. The molecule has 0 N–H and O–H groups in total. The van der Waals surface area contributed by atoms with Gasteiger partial charge in [-0.25, -0.2) is 0 Å². The van der Waals surface area contributed by atoms with Crippen molar-refractivity contribution in [2.24, 2.45) is 0 Å². The van der Waals surface area contributed by atoms with Gasteiger partial charge in [-0.3, -0.25) is 9.17 Å². The van der Waals surface area contributed by atoms with Crippen molar-refractivity contribution in [1.82, 2.24) is 4.98 Å². The van der Waals surface area contributed by atoms with Crippen molar-refractivity contribution in [3.63, 3.8) is 0 Å². The first-order chi connectivity index (χ1) is 10.7. The lowest BCUT2D eigenvalue weighted by atomic mass is 10.0. The Labute approximate surface area is 144 Å². The van der Waals surface area contributed by atoms with Gasteiger partial charge in [0.25, 0.3) is 10.1 Å². The molecular formula is C15H12Cl2N2O3S. The van der Waals surface area contributed by atoms with E-state index in [-0.39, 0.29) is 12.2 Å². The largest absolute Gasteiger partial charge is 0.265 e. The third kappa shape index (κ3) is 4.43. The van der Waals surface area contributed by atoms with Crippen molar-refractivity contribution in [3.8, 4) is 17.3 Å². The Morgan fingerprint density at radius 3 is 2.57 bits per heavy atom. The lowest BCUT2D eigenvalue weighted by Crippen LogP contribution is -2.06. The summed E-state index contributed by atoms with van der Waals surface area (Å²) >= 11 is 12.1. The molecule has 1 aromatic carbocycles. The van der Waals surface area contributed by atoms with E-state index in [9.17, 15) is 13.7 Å². The van der Waals surface area contributed by atoms with Crippen LogP contribution < -0.4 is 0 Å². The first-order valence-corrected chi connectivity index (χ1v) is 8.99. The summed E-state index contributed by atoms with van der Waals surface area (Å²) in [5.74, 6) is 0. The summed E-state index contributed by atoms with van der Waals surface area (Å²) in [4.78, 5) is 4.35. The molecule has 0 amide bonds. The lowest BCUT2D eigenvalue weighted by molar-refractivity contribution is 0.311. The van der Waals surface area contributed by atoms with E-state index >= 15 is 0 Å². The minimum Gasteiger partial charge on any atom is -0.265 e. The van der Waals surface area contributed by atoms with Gasteiger partial charge in [0, 0.05) is 21.8 Å². The highest BCUT2D eigenvalue weighted by atomic mass is 35.5. The molecule has 8 heteroatoms. The fourth-order valence-corrected chi connectivity index (χ4v) is 2.87. The third-order valence-corrected chi connectivity index (χ3v) is 4.05. The molecule has 0 spiro atoms. The highest BCUT2D eigenvalue weighted by molar-refractivity contribution is 7.85. The molecule has 0 unspecified atom stereocenters. The van der Waals surface area contributed by atoms with Gasteiger partial charge in [0.15, 0.2) is 0 Å². The second kappa shape index (κ2) is 6.85. The maximum Gasteiger partial charge on any atom is 0.264 e. The Hall–Kier alpha value is -1.65. The van der Waals surface area contributed by atoms with Gasteiger partial charge in [-0.2, -0.15) is 13.7 Å². The molecule has 5 nitrogen and oxygen atoms in total. The van der Waals surface area contributed by atoms with E-state index in [2.05, 4.69) is 4.98 Å². The number of hydrogen-bond donors (Lipinski definition) is 0. The van der Waals surface area contributed by atoms with E-state index in [0.29, 0.717) is 32.6 Å².